The highest BCUT2D eigenvalue weighted by atomic mass is 16.6. The smallest absolute Gasteiger partial charge is 0.301 e. The highest BCUT2D eigenvalue weighted by Crippen LogP contribution is 2.61. The number of aromatic hydroxyl groups is 1. The zero-order chi connectivity index (χ0) is 43.5. The second-order valence-corrected chi connectivity index (χ2v) is 15.7. The molecule has 6 atom stereocenters. The molecule has 4 aliphatic rings. The summed E-state index contributed by atoms with van der Waals surface area (Å²) in [4.78, 5) is 84.7. The van der Waals surface area contributed by atoms with Crippen molar-refractivity contribution in [1.29, 1.82) is 0 Å². The van der Waals surface area contributed by atoms with Gasteiger partial charge in [-0.15, -0.1) is 0 Å². The summed E-state index contributed by atoms with van der Waals surface area (Å²) in [5.41, 5.74) is -0.925. The molecule has 1 aliphatic heterocycles. The highest BCUT2D eigenvalue weighted by molar-refractivity contribution is 6.31. The third kappa shape index (κ3) is 6.26. The van der Waals surface area contributed by atoms with Crippen LogP contribution in [0.4, 0.5) is 22.7 Å². The van der Waals surface area contributed by atoms with Crippen molar-refractivity contribution in [3.05, 3.63) is 146 Å². The van der Waals surface area contributed by atoms with Crippen molar-refractivity contribution < 1.29 is 43.6 Å². The summed E-state index contributed by atoms with van der Waals surface area (Å²) in [5.74, 6) is -6.73. The molecule has 61 heavy (non-hydrogen) atoms. The number of anilines is 2. The molecular weight excluding hydrogens is 785 g/mol. The first-order chi connectivity index (χ1) is 29.2. The number of hydrogen-bond acceptors (Lipinski definition) is 12. The van der Waals surface area contributed by atoms with Crippen molar-refractivity contribution in [2.24, 2.45) is 29.6 Å². The van der Waals surface area contributed by atoms with E-state index < -0.39 is 68.0 Å². The number of ketones is 2. The highest BCUT2D eigenvalue weighted by Gasteiger charge is 2.65. The number of benzene rings is 4. The summed E-state index contributed by atoms with van der Waals surface area (Å²) in [6, 6.07) is 23.0. The van der Waals surface area contributed by atoms with Crippen molar-refractivity contribution >= 4 is 57.8 Å². The molecule has 2 amide bonds. The first-order valence-corrected chi connectivity index (χ1v) is 19.5. The molecule has 0 spiro atoms. The van der Waals surface area contributed by atoms with Gasteiger partial charge in [0.25, 0.3) is 0 Å². The summed E-state index contributed by atoms with van der Waals surface area (Å²) in [6.07, 6.45) is 6.84. The molecule has 1 N–H and O–H groups in total. The largest absolute Gasteiger partial charge is 0.502 e. The number of carbonyl (C=O) groups is 4. The Bertz CT molecular complexity index is 2580. The maximum absolute atomic E-state index is 15.2. The lowest BCUT2D eigenvalue weighted by Crippen LogP contribution is -2.59. The quantitative estimate of drug-likeness (QED) is 0.0755. The molecule has 15 nitrogen and oxygen atoms in total. The van der Waals surface area contributed by atoms with E-state index >= 15 is 9.59 Å². The Morgan fingerprint density at radius 2 is 1.43 bits per heavy atom. The fraction of sp³-hybridized carbons (Fsp3) is 0.261. The Kier molecular flexibility index (Phi) is 10.1. The van der Waals surface area contributed by atoms with Gasteiger partial charge in [0.2, 0.25) is 17.6 Å². The molecule has 15 heteroatoms. The lowest BCUT2D eigenvalue weighted by molar-refractivity contribution is -0.392. The van der Waals surface area contributed by atoms with Gasteiger partial charge in [-0.3, -0.25) is 39.4 Å². The van der Waals surface area contributed by atoms with Crippen molar-refractivity contribution in [2.45, 2.75) is 18.3 Å². The number of hydrogen-bond donors (Lipinski definition) is 1. The Hall–Kier alpha value is -7.42. The van der Waals surface area contributed by atoms with Gasteiger partial charge in [-0.25, -0.2) is 4.90 Å². The zero-order valence-electron chi connectivity index (χ0n) is 33.5. The zero-order valence-corrected chi connectivity index (χ0v) is 33.5. The molecule has 8 rings (SSSR count). The molecule has 4 aromatic carbocycles. The van der Waals surface area contributed by atoms with Crippen LogP contribution in [-0.2, 0) is 24.6 Å². The van der Waals surface area contributed by atoms with Crippen molar-refractivity contribution in [3.8, 4) is 17.2 Å². The lowest BCUT2D eigenvalue weighted by Gasteiger charge is -2.54. The van der Waals surface area contributed by atoms with Crippen LogP contribution < -0.4 is 19.3 Å². The molecule has 6 unspecified atom stereocenters. The SMILES string of the molecule is COc1cc(C=CC2C3=CCC4C(=O)N(c5cc([N+](=O)[O-])c(N(C)C)c([N+](=O)[O-])c5)C(=O)C4C3CC3C(=O)C(c4ccccc4)=CC(=O)C23c2ccccc2)cc(OC)c1O. The molecular formula is C46H40N4O11. The van der Waals surface area contributed by atoms with E-state index in [1.807, 2.05) is 30.4 Å². The van der Waals surface area contributed by atoms with E-state index in [1.165, 1.54) is 39.3 Å². The van der Waals surface area contributed by atoms with Crippen LogP contribution in [-0.4, -0.2) is 66.6 Å². The van der Waals surface area contributed by atoms with Crippen molar-refractivity contribution in [2.75, 3.05) is 38.1 Å². The van der Waals surface area contributed by atoms with Crippen LogP contribution in [0.1, 0.15) is 29.5 Å². The average Bonchev–Trinajstić information content (AvgIpc) is 3.52. The van der Waals surface area contributed by atoms with Gasteiger partial charge in [-0.2, -0.15) is 0 Å². The van der Waals surface area contributed by atoms with Gasteiger partial charge in [0, 0.05) is 43.6 Å². The predicted molar refractivity (Wildman–Crippen MR) is 224 cm³/mol. The maximum atomic E-state index is 15.2. The van der Waals surface area contributed by atoms with Gasteiger partial charge in [0.15, 0.2) is 28.8 Å². The van der Waals surface area contributed by atoms with E-state index in [-0.39, 0.29) is 58.6 Å². The summed E-state index contributed by atoms with van der Waals surface area (Å²) >= 11 is 0. The fourth-order valence-corrected chi connectivity index (χ4v) is 10.0. The average molecular weight is 825 g/mol. The minimum absolute atomic E-state index is 0.00540. The Morgan fingerprint density at radius 1 is 0.836 bits per heavy atom. The third-order valence-corrected chi connectivity index (χ3v) is 12.6. The Balaban J connectivity index is 1.32. The molecule has 1 saturated heterocycles. The van der Waals surface area contributed by atoms with Crippen molar-refractivity contribution in [1.82, 2.24) is 0 Å². The number of imide groups is 1. The van der Waals surface area contributed by atoms with Gasteiger partial charge in [-0.05, 0) is 53.7 Å². The molecule has 2 fully saturated rings. The molecule has 1 saturated carbocycles. The molecule has 4 aromatic rings. The van der Waals surface area contributed by atoms with Crippen LogP contribution in [0.15, 0.2) is 109 Å². The van der Waals surface area contributed by atoms with Gasteiger partial charge in [0.05, 0.1) is 47.0 Å². The molecule has 1 heterocycles. The van der Waals surface area contributed by atoms with Gasteiger partial charge in [-0.1, -0.05) is 84.5 Å². The molecule has 310 valence electrons. The fourth-order valence-electron chi connectivity index (χ4n) is 10.0. The van der Waals surface area contributed by atoms with E-state index in [4.69, 9.17) is 9.47 Å². The van der Waals surface area contributed by atoms with E-state index in [0.29, 0.717) is 22.3 Å². The van der Waals surface area contributed by atoms with Crippen LogP contribution >= 0.6 is 0 Å². The third-order valence-electron chi connectivity index (χ3n) is 12.6. The first-order valence-electron chi connectivity index (χ1n) is 19.5. The normalized spacial score (nSPS) is 24.4. The Morgan fingerprint density at radius 3 is 1.98 bits per heavy atom. The van der Waals surface area contributed by atoms with Crippen LogP contribution in [0.3, 0.4) is 0 Å². The number of methoxy groups -OCH3 is 2. The molecule has 3 aliphatic carbocycles. The van der Waals surface area contributed by atoms with Gasteiger partial charge in [0.1, 0.15) is 0 Å². The van der Waals surface area contributed by atoms with Crippen LogP contribution in [0.5, 0.6) is 17.2 Å². The number of nitro groups is 2. The topological polar surface area (TPSA) is 200 Å². The van der Waals surface area contributed by atoms with Crippen LogP contribution in [0.2, 0.25) is 0 Å². The van der Waals surface area contributed by atoms with Crippen LogP contribution in [0.25, 0.3) is 11.6 Å². The summed E-state index contributed by atoms with van der Waals surface area (Å²) in [7, 11) is 5.61. The minimum atomic E-state index is -1.51. The monoisotopic (exact) mass is 824 g/mol. The molecule has 0 aromatic heterocycles. The van der Waals surface area contributed by atoms with Crippen molar-refractivity contribution in [3.63, 3.8) is 0 Å². The number of fused-ring (bicyclic) bond motifs is 4. The van der Waals surface area contributed by atoms with E-state index in [9.17, 15) is 34.9 Å². The second-order valence-electron chi connectivity index (χ2n) is 15.7. The van der Waals surface area contributed by atoms with Gasteiger partial charge < -0.3 is 19.5 Å². The number of rotatable bonds is 10. The molecule has 0 bridgehead atoms. The lowest BCUT2D eigenvalue weighted by atomic mass is 9.45. The minimum Gasteiger partial charge on any atom is -0.502 e. The number of phenols is 1. The number of phenolic OH excluding ortho intramolecular Hbond substituents is 1. The second kappa shape index (κ2) is 15.3. The van der Waals surface area contributed by atoms with E-state index in [2.05, 4.69) is 0 Å². The standard InChI is InChI=1S/C46H40N4O11/c1-47(2)41-35(49(56)57)21-28(22-36(41)50(58)59)48-44(54)30-17-16-29-32(40(30)45(48)55)23-34-42(52)31(26-11-7-5-8-12-26)24-39(51)46(34,27-13-9-6-10-14-27)33(29)18-15-25-19-37(60-3)43(53)38(20-25)61-4/h5-16,18-22,24,30,32-34,40,53H,17,23H2,1-4H3. The molecule has 0 radical (unpaired) electrons. The van der Waals surface area contributed by atoms with Crippen LogP contribution in [0, 0.1) is 49.8 Å². The predicted octanol–water partition coefficient (Wildman–Crippen LogP) is 6.87. The van der Waals surface area contributed by atoms with E-state index in [0.717, 1.165) is 17.0 Å². The first kappa shape index (κ1) is 40.4. The number of carbonyl (C=O) groups excluding carboxylic acids is 4. The summed E-state index contributed by atoms with van der Waals surface area (Å²) in [6.45, 7) is 0. The number of nitrogens with zero attached hydrogens (tertiary/aromatic N) is 4. The number of allylic oxidation sites excluding steroid dienone is 5. The number of nitro benzene ring substituents is 2. The number of ether oxygens (including phenoxy) is 2. The number of amides is 2. The maximum Gasteiger partial charge on any atom is 0.301 e. The number of Topliss-reactive ketones (excluding diaryl/α,β-unsaturated/α-hetero) is 1. The summed E-state index contributed by atoms with van der Waals surface area (Å²) < 4.78 is 10.8. The Labute approximate surface area is 349 Å². The summed E-state index contributed by atoms with van der Waals surface area (Å²) in [5, 5.41) is 35.2. The van der Waals surface area contributed by atoms with Gasteiger partial charge >= 0.3 is 11.4 Å². The van der Waals surface area contributed by atoms with E-state index in [1.54, 1.807) is 60.7 Å².